The number of anilines is 2. The lowest BCUT2D eigenvalue weighted by atomic mass is 9.87. The van der Waals surface area contributed by atoms with Crippen molar-refractivity contribution in [1.29, 1.82) is 0 Å². The molecule has 1 N–H and O–H groups in total. The Balaban J connectivity index is 2.08. The van der Waals surface area contributed by atoms with Crippen LogP contribution in [0.15, 0.2) is 79.6 Å². The maximum atomic E-state index is 13.7. The Hall–Kier alpha value is -4.13. The van der Waals surface area contributed by atoms with Crippen molar-refractivity contribution in [2.45, 2.75) is 32.2 Å². The molecule has 35 heavy (non-hydrogen) atoms. The third-order valence-electron chi connectivity index (χ3n) is 5.60. The van der Waals surface area contributed by atoms with Gasteiger partial charge in [0.05, 0.1) is 19.9 Å². The smallest absolute Gasteiger partial charge is 0.252 e. The van der Waals surface area contributed by atoms with Crippen molar-refractivity contribution >= 4 is 23.2 Å². The number of hydrogen-bond donors (Lipinski definition) is 1. The second-order valence-corrected chi connectivity index (χ2v) is 8.95. The van der Waals surface area contributed by atoms with Crippen LogP contribution in [0, 0.1) is 0 Å². The topological polar surface area (TPSA) is 80.8 Å². The predicted octanol–water partition coefficient (Wildman–Crippen LogP) is 5.30. The number of hydrogen-bond acceptors (Lipinski definition) is 5. The van der Waals surface area contributed by atoms with E-state index in [1.165, 1.54) is 18.1 Å². The lowest BCUT2D eigenvalue weighted by Gasteiger charge is -2.31. The van der Waals surface area contributed by atoms with Crippen molar-refractivity contribution in [3.63, 3.8) is 0 Å². The van der Waals surface area contributed by atoms with Crippen LogP contribution < -0.4 is 19.7 Å². The summed E-state index contributed by atoms with van der Waals surface area (Å²) in [7, 11) is 3.06. The number of amides is 2. The van der Waals surface area contributed by atoms with E-state index in [1.807, 2.05) is 24.3 Å². The van der Waals surface area contributed by atoms with Crippen molar-refractivity contribution in [2.24, 2.45) is 0 Å². The molecule has 7 nitrogen and oxygen atoms in total. The molecule has 1 atom stereocenters. The number of rotatable bonds is 8. The Kier molecular flexibility index (Phi) is 7.91. The van der Waals surface area contributed by atoms with E-state index in [9.17, 15) is 9.59 Å². The van der Waals surface area contributed by atoms with E-state index in [0.717, 1.165) is 5.56 Å². The first-order chi connectivity index (χ1) is 16.7. The molecule has 2 aromatic carbocycles. The van der Waals surface area contributed by atoms with Gasteiger partial charge in [-0.15, -0.1) is 0 Å². The number of carbonyl (C=O) groups is 2. The zero-order valence-corrected chi connectivity index (χ0v) is 20.7. The van der Waals surface area contributed by atoms with Gasteiger partial charge < -0.3 is 14.8 Å². The highest BCUT2D eigenvalue weighted by Gasteiger charge is 2.32. The zero-order chi connectivity index (χ0) is 25.6. The van der Waals surface area contributed by atoms with Crippen LogP contribution in [-0.2, 0) is 15.0 Å². The van der Waals surface area contributed by atoms with Crippen LogP contribution in [0.2, 0.25) is 0 Å². The summed E-state index contributed by atoms with van der Waals surface area (Å²) in [6.45, 7) is 10.00. The minimum Gasteiger partial charge on any atom is -0.497 e. The number of benzene rings is 2. The Bertz CT molecular complexity index is 1190. The number of pyridine rings is 1. The van der Waals surface area contributed by atoms with Gasteiger partial charge in [-0.05, 0) is 47.4 Å². The Labute approximate surface area is 206 Å². The summed E-state index contributed by atoms with van der Waals surface area (Å²) in [6, 6.07) is 15.2. The van der Waals surface area contributed by atoms with E-state index in [-0.39, 0.29) is 5.41 Å². The van der Waals surface area contributed by atoms with Crippen LogP contribution in [0.4, 0.5) is 11.4 Å². The van der Waals surface area contributed by atoms with E-state index in [0.29, 0.717) is 28.4 Å². The van der Waals surface area contributed by atoms with Crippen molar-refractivity contribution in [3.8, 4) is 11.5 Å². The van der Waals surface area contributed by atoms with Gasteiger partial charge in [-0.3, -0.25) is 19.5 Å². The molecular weight excluding hydrogens is 442 g/mol. The fourth-order valence-electron chi connectivity index (χ4n) is 3.68. The summed E-state index contributed by atoms with van der Waals surface area (Å²) in [4.78, 5) is 32.5. The molecule has 0 radical (unpaired) electrons. The maximum Gasteiger partial charge on any atom is 0.252 e. The van der Waals surface area contributed by atoms with E-state index in [4.69, 9.17) is 9.47 Å². The number of nitrogens with zero attached hydrogens (tertiary/aromatic N) is 2. The largest absolute Gasteiger partial charge is 0.497 e. The van der Waals surface area contributed by atoms with Gasteiger partial charge in [0.1, 0.15) is 17.5 Å². The molecule has 1 unspecified atom stereocenters. The molecule has 3 aromatic rings. The number of ether oxygens (including phenoxy) is 2. The fourth-order valence-corrected chi connectivity index (χ4v) is 3.68. The molecule has 7 heteroatoms. The van der Waals surface area contributed by atoms with Crippen LogP contribution in [0.25, 0.3) is 0 Å². The first-order valence-corrected chi connectivity index (χ1v) is 11.2. The van der Waals surface area contributed by atoms with Gasteiger partial charge in [0, 0.05) is 29.7 Å². The molecule has 1 aromatic heterocycles. The van der Waals surface area contributed by atoms with Gasteiger partial charge in [0.2, 0.25) is 0 Å². The third-order valence-corrected chi connectivity index (χ3v) is 5.60. The molecule has 0 fully saturated rings. The molecule has 0 saturated carbocycles. The summed E-state index contributed by atoms with van der Waals surface area (Å²) >= 11 is 0. The van der Waals surface area contributed by atoms with Crippen molar-refractivity contribution < 1.29 is 19.1 Å². The van der Waals surface area contributed by atoms with Gasteiger partial charge >= 0.3 is 0 Å². The van der Waals surface area contributed by atoms with Gasteiger partial charge in [-0.1, -0.05) is 45.5 Å². The van der Waals surface area contributed by atoms with Crippen LogP contribution in [-0.4, -0.2) is 31.0 Å². The summed E-state index contributed by atoms with van der Waals surface area (Å²) in [5.74, 6) is 0.167. The average Bonchev–Trinajstić information content (AvgIpc) is 2.87. The minimum absolute atomic E-state index is 0.0587. The molecule has 0 bridgehead atoms. The lowest BCUT2D eigenvalue weighted by Crippen LogP contribution is -2.41. The van der Waals surface area contributed by atoms with Gasteiger partial charge in [0.15, 0.2) is 0 Å². The molecule has 0 aliphatic carbocycles. The molecular formula is C28H31N3O4. The number of aromatic nitrogens is 1. The highest BCUT2D eigenvalue weighted by molar-refractivity contribution is 6.09. The van der Waals surface area contributed by atoms with E-state index >= 15 is 0 Å². The average molecular weight is 474 g/mol. The Morgan fingerprint density at radius 1 is 1.06 bits per heavy atom. The van der Waals surface area contributed by atoms with Crippen LogP contribution in [0.1, 0.15) is 37.9 Å². The minimum atomic E-state index is -1.01. The highest BCUT2D eigenvalue weighted by Crippen LogP contribution is 2.34. The molecule has 0 aliphatic rings. The third kappa shape index (κ3) is 5.87. The molecule has 0 aliphatic heterocycles. The first kappa shape index (κ1) is 25.5. The first-order valence-electron chi connectivity index (χ1n) is 11.2. The fraction of sp³-hybridized carbons (Fsp3) is 0.250. The van der Waals surface area contributed by atoms with Crippen LogP contribution in [0.3, 0.4) is 0 Å². The standard InChI is InChI=1S/C28H31N3O4/c1-7-25(32)31(21-12-10-20(11-13-21)28(2,3)4)26(19-9-8-16-29-18-19)27(33)30-23-15-14-22(34-5)17-24(23)35-6/h7-18,26H,1H2,2-6H3,(H,30,33). The normalized spacial score (nSPS) is 11.8. The van der Waals surface area contributed by atoms with Gasteiger partial charge in [-0.2, -0.15) is 0 Å². The maximum absolute atomic E-state index is 13.7. The zero-order valence-electron chi connectivity index (χ0n) is 20.7. The van der Waals surface area contributed by atoms with Crippen LogP contribution >= 0.6 is 0 Å². The van der Waals surface area contributed by atoms with Crippen LogP contribution in [0.5, 0.6) is 11.5 Å². The molecule has 2 amide bonds. The molecule has 0 spiro atoms. The SMILES string of the molecule is C=CC(=O)N(c1ccc(C(C)(C)C)cc1)C(C(=O)Nc1ccc(OC)cc1OC)c1cccnc1. The summed E-state index contributed by atoms with van der Waals surface area (Å²) in [5, 5.41) is 2.90. The van der Waals surface area contributed by atoms with E-state index in [2.05, 4.69) is 37.7 Å². The van der Waals surface area contributed by atoms with Crippen molar-refractivity contribution in [2.75, 3.05) is 24.4 Å². The van der Waals surface area contributed by atoms with Gasteiger partial charge in [0.25, 0.3) is 11.8 Å². The summed E-state index contributed by atoms with van der Waals surface area (Å²) in [6.07, 6.45) is 4.38. The van der Waals surface area contributed by atoms with E-state index < -0.39 is 17.9 Å². The second kappa shape index (κ2) is 10.9. The lowest BCUT2D eigenvalue weighted by molar-refractivity contribution is -0.121. The molecule has 182 valence electrons. The van der Waals surface area contributed by atoms with Crippen molar-refractivity contribution in [3.05, 3.63) is 90.8 Å². The predicted molar refractivity (Wildman–Crippen MR) is 138 cm³/mol. The quantitative estimate of drug-likeness (QED) is 0.449. The summed E-state index contributed by atoms with van der Waals surface area (Å²) in [5.41, 5.74) is 2.61. The number of carbonyl (C=O) groups excluding carboxylic acids is 2. The molecule has 3 rings (SSSR count). The van der Waals surface area contributed by atoms with E-state index in [1.54, 1.807) is 49.8 Å². The summed E-state index contributed by atoms with van der Waals surface area (Å²) < 4.78 is 10.7. The number of methoxy groups -OCH3 is 2. The van der Waals surface area contributed by atoms with Gasteiger partial charge in [-0.25, -0.2) is 0 Å². The van der Waals surface area contributed by atoms with Crippen molar-refractivity contribution in [1.82, 2.24) is 4.98 Å². The highest BCUT2D eigenvalue weighted by atomic mass is 16.5. The number of nitrogens with one attached hydrogen (secondary N) is 1. The Morgan fingerprint density at radius 3 is 2.31 bits per heavy atom. The monoisotopic (exact) mass is 473 g/mol. The Morgan fingerprint density at radius 2 is 1.77 bits per heavy atom. The second-order valence-electron chi connectivity index (χ2n) is 8.95. The molecule has 1 heterocycles. The molecule has 0 saturated heterocycles.